The largest absolute Gasteiger partial charge is 0.394 e. The maximum Gasteiger partial charge on any atom is 0.254 e. The van der Waals surface area contributed by atoms with Gasteiger partial charge >= 0.3 is 0 Å². The minimum absolute atomic E-state index is 0.0400. The SMILES string of the molecule is O=C(c1ccncc1)N1Cc2ccnn2CC[C@@H]1CO. The van der Waals surface area contributed by atoms with Gasteiger partial charge in [0.2, 0.25) is 0 Å². The van der Waals surface area contributed by atoms with Crippen molar-refractivity contribution in [3.8, 4) is 0 Å². The van der Waals surface area contributed by atoms with Crippen molar-refractivity contribution in [2.24, 2.45) is 0 Å². The smallest absolute Gasteiger partial charge is 0.254 e. The van der Waals surface area contributed by atoms with Gasteiger partial charge in [-0.2, -0.15) is 5.10 Å². The van der Waals surface area contributed by atoms with Crippen molar-refractivity contribution >= 4 is 5.91 Å². The molecule has 104 valence electrons. The third-order valence-corrected chi connectivity index (χ3v) is 3.65. The maximum atomic E-state index is 12.6. The predicted molar refractivity (Wildman–Crippen MR) is 71.8 cm³/mol. The fraction of sp³-hybridized carbons (Fsp3) is 0.357. The number of nitrogens with zero attached hydrogens (tertiary/aromatic N) is 4. The van der Waals surface area contributed by atoms with Gasteiger partial charge in [-0.15, -0.1) is 0 Å². The minimum atomic E-state index is -0.183. The van der Waals surface area contributed by atoms with Gasteiger partial charge in [-0.1, -0.05) is 0 Å². The lowest BCUT2D eigenvalue weighted by molar-refractivity contribution is 0.0568. The average molecular weight is 272 g/mol. The van der Waals surface area contributed by atoms with E-state index in [1.807, 2.05) is 10.7 Å². The van der Waals surface area contributed by atoms with Crippen LogP contribution in [0.2, 0.25) is 0 Å². The second-order valence-electron chi connectivity index (χ2n) is 4.84. The maximum absolute atomic E-state index is 12.6. The van der Waals surface area contributed by atoms with Crippen molar-refractivity contribution in [2.45, 2.75) is 25.6 Å². The summed E-state index contributed by atoms with van der Waals surface area (Å²) in [6.45, 7) is 1.14. The number of amides is 1. The van der Waals surface area contributed by atoms with Crippen molar-refractivity contribution < 1.29 is 9.90 Å². The molecule has 1 aliphatic heterocycles. The summed E-state index contributed by atoms with van der Waals surface area (Å²) in [6, 6.07) is 5.11. The number of rotatable bonds is 2. The molecule has 1 amide bonds. The van der Waals surface area contributed by atoms with Crippen LogP contribution in [0.4, 0.5) is 0 Å². The van der Waals surface area contributed by atoms with Crippen LogP contribution >= 0.6 is 0 Å². The van der Waals surface area contributed by atoms with E-state index in [-0.39, 0.29) is 18.6 Å². The molecule has 2 aromatic heterocycles. The van der Waals surface area contributed by atoms with E-state index in [2.05, 4.69) is 10.1 Å². The molecule has 0 spiro atoms. The number of aryl methyl sites for hydroxylation is 1. The van der Waals surface area contributed by atoms with Crippen LogP contribution in [-0.4, -0.2) is 43.3 Å². The molecule has 0 saturated heterocycles. The second-order valence-corrected chi connectivity index (χ2v) is 4.84. The molecule has 0 radical (unpaired) electrons. The highest BCUT2D eigenvalue weighted by Gasteiger charge is 2.28. The predicted octanol–water partition coefficient (Wildman–Crippen LogP) is 0.685. The van der Waals surface area contributed by atoms with Gasteiger partial charge < -0.3 is 10.0 Å². The van der Waals surface area contributed by atoms with Crippen LogP contribution in [0.15, 0.2) is 36.8 Å². The molecular formula is C14H16N4O2. The molecule has 1 atom stereocenters. The van der Waals surface area contributed by atoms with E-state index in [4.69, 9.17) is 0 Å². The third-order valence-electron chi connectivity index (χ3n) is 3.65. The Morgan fingerprint density at radius 2 is 2.10 bits per heavy atom. The highest BCUT2D eigenvalue weighted by Crippen LogP contribution is 2.19. The first-order valence-electron chi connectivity index (χ1n) is 6.62. The van der Waals surface area contributed by atoms with Gasteiger partial charge in [-0.05, 0) is 24.6 Å². The van der Waals surface area contributed by atoms with E-state index >= 15 is 0 Å². The minimum Gasteiger partial charge on any atom is -0.394 e. The van der Waals surface area contributed by atoms with Crippen molar-refractivity contribution in [2.75, 3.05) is 6.61 Å². The number of hydrogen-bond donors (Lipinski definition) is 1. The van der Waals surface area contributed by atoms with Gasteiger partial charge in [0, 0.05) is 30.7 Å². The Kier molecular flexibility index (Phi) is 3.47. The normalized spacial score (nSPS) is 18.4. The summed E-state index contributed by atoms with van der Waals surface area (Å²) in [5.41, 5.74) is 1.58. The Morgan fingerprint density at radius 1 is 1.30 bits per heavy atom. The van der Waals surface area contributed by atoms with E-state index in [9.17, 15) is 9.90 Å². The molecule has 1 N–H and O–H groups in total. The van der Waals surface area contributed by atoms with Crippen molar-refractivity contribution in [3.05, 3.63) is 48.0 Å². The van der Waals surface area contributed by atoms with E-state index < -0.39 is 0 Å². The van der Waals surface area contributed by atoms with E-state index in [1.54, 1.807) is 35.6 Å². The van der Waals surface area contributed by atoms with Crippen LogP contribution in [0.3, 0.4) is 0 Å². The first kappa shape index (κ1) is 12.8. The topological polar surface area (TPSA) is 71.2 Å². The summed E-state index contributed by atoms with van der Waals surface area (Å²) in [5, 5.41) is 13.8. The highest BCUT2D eigenvalue weighted by molar-refractivity contribution is 5.94. The molecule has 1 aliphatic rings. The monoisotopic (exact) mass is 272 g/mol. The number of aromatic nitrogens is 3. The molecule has 3 heterocycles. The summed E-state index contributed by atoms with van der Waals surface area (Å²) in [4.78, 5) is 18.3. The molecule has 6 heteroatoms. The average Bonchev–Trinajstić information content (AvgIpc) is 2.87. The lowest BCUT2D eigenvalue weighted by Crippen LogP contribution is -2.41. The fourth-order valence-corrected chi connectivity index (χ4v) is 2.51. The highest BCUT2D eigenvalue weighted by atomic mass is 16.3. The first-order valence-corrected chi connectivity index (χ1v) is 6.62. The van der Waals surface area contributed by atoms with Gasteiger partial charge in [0.25, 0.3) is 5.91 Å². The summed E-state index contributed by atoms with van der Waals surface area (Å²) >= 11 is 0. The van der Waals surface area contributed by atoms with Crippen LogP contribution in [-0.2, 0) is 13.1 Å². The van der Waals surface area contributed by atoms with Crippen LogP contribution in [0.5, 0.6) is 0 Å². The molecule has 0 aromatic carbocycles. The third kappa shape index (κ3) is 2.30. The molecule has 0 saturated carbocycles. The Hall–Kier alpha value is -2.21. The quantitative estimate of drug-likeness (QED) is 0.873. The number of carbonyl (C=O) groups is 1. The summed E-state index contributed by atoms with van der Waals surface area (Å²) in [6.07, 6.45) is 5.64. The molecule has 3 rings (SSSR count). The molecular weight excluding hydrogens is 256 g/mol. The van der Waals surface area contributed by atoms with E-state index in [0.717, 1.165) is 5.69 Å². The Labute approximate surface area is 116 Å². The van der Waals surface area contributed by atoms with Crippen LogP contribution in [0.25, 0.3) is 0 Å². The van der Waals surface area contributed by atoms with Gasteiger partial charge in [0.1, 0.15) is 0 Å². The van der Waals surface area contributed by atoms with Gasteiger partial charge in [0.05, 0.1) is 24.9 Å². The molecule has 0 fully saturated rings. The zero-order chi connectivity index (χ0) is 13.9. The molecule has 0 aliphatic carbocycles. The van der Waals surface area contributed by atoms with Crippen molar-refractivity contribution in [3.63, 3.8) is 0 Å². The zero-order valence-electron chi connectivity index (χ0n) is 11.0. The van der Waals surface area contributed by atoms with Gasteiger partial charge in [-0.3, -0.25) is 14.5 Å². The Bertz CT molecular complexity index is 596. The first-order chi connectivity index (χ1) is 9.79. The van der Waals surface area contributed by atoms with Crippen LogP contribution < -0.4 is 0 Å². The summed E-state index contributed by atoms with van der Waals surface area (Å²) < 4.78 is 1.89. The molecule has 0 unspecified atom stereocenters. The Morgan fingerprint density at radius 3 is 2.85 bits per heavy atom. The number of hydrogen-bond acceptors (Lipinski definition) is 4. The van der Waals surface area contributed by atoms with E-state index in [1.165, 1.54) is 0 Å². The van der Waals surface area contributed by atoms with Crippen LogP contribution in [0, 0.1) is 0 Å². The summed E-state index contributed by atoms with van der Waals surface area (Å²) in [7, 11) is 0. The second kappa shape index (κ2) is 5.42. The molecule has 0 bridgehead atoms. The van der Waals surface area contributed by atoms with Gasteiger partial charge in [0.15, 0.2) is 0 Å². The van der Waals surface area contributed by atoms with Crippen molar-refractivity contribution in [1.82, 2.24) is 19.7 Å². The summed E-state index contributed by atoms with van der Waals surface area (Å²) in [5.74, 6) is -0.0823. The van der Waals surface area contributed by atoms with Crippen LogP contribution in [0.1, 0.15) is 22.5 Å². The lowest BCUT2D eigenvalue weighted by Gasteiger charge is -2.28. The van der Waals surface area contributed by atoms with E-state index in [0.29, 0.717) is 25.1 Å². The molecule has 6 nitrogen and oxygen atoms in total. The number of aliphatic hydroxyl groups excluding tert-OH is 1. The van der Waals surface area contributed by atoms with Crippen molar-refractivity contribution in [1.29, 1.82) is 0 Å². The molecule has 2 aromatic rings. The number of fused-ring (bicyclic) bond motifs is 1. The van der Waals surface area contributed by atoms with Gasteiger partial charge in [-0.25, -0.2) is 0 Å². The fourth-order valence-electron chi connectivity index (χ4n) is 2.51. The number of pyridine rings is 1. The molecule has 20 heavy (non-hydrogen) atoms. The number of aliphatic hydroxyl groups is 1. The number of carbonyl (C=O) groups excluding carboxylic acids is 1. The Balaban J connectivity index is 1.91. The lowest BCUT2D eigenvalue weighted by atomic mass is 10.1. The standard InChI is InChI=1S/C14H16N4O2/c19-10-13-4-8-18-12(3-7-16-18)9-17(13)14(20)11-1-5-15-6-2-11/h1-3,5-7,13,19H,4,8-10H2/t13-/m1/s1. The zero-order valence-corrected chi connectivity index (χ0v) is 11.0.